The highest BCUT2D eigenvalue weighted by atomic mass is 32.2. The Balaban J connectivity index is 2.41. The van der Waals surface area contributed by atoms with Crippen molar-refractivity contribution in [2.45, 2.75) is 31.3 Å². The molecule has 0 spiro atoms. The normalized spacial score (nSPS) is 22.1. The number of nitrogens with two attached hydrogens (primary N) is 1. The minimum Gasteiger partial charge on any atom is -0.354 e. The zero-order valence-corrected chi connectivity index (χ0v) is 11.1. The lowest BCUT2D eigenvalue weighted by atomic mass is 10.1. The number of rotatable bonds is 5. The Morgan fingerprint density at radius 1 is 1.61 bits per heavy atom. The molecule has 2 unspecified atom stereocenters. The standard InChI is InChI=1S/C10H19N3O4S/c1-18(16,17)6-4-7(11)9(14)13-8-3-2-5-12-10(8)15/h7-8H,2-6,11H2,1H3,(H,12,15)(H,13,14). The maximum Gasteiger partial charge on any atom is 0.242 e. The molecule has 1 saturated heterocycles. The molecule has 0 bridgehead atoms. The van der Waals surface area contributed by atoms with Crippen molar-refractivity contribution in [2.24, 2.45) is 5.73 Å². The fourth-order valence-electron chi connectivity index (χ4n) is 1.66. The Kier molecular flexibility index (Phi) is 5.09. The average Bonchev–Trinajstić information content (AvgIpc) is 2.28. The number of hydrogen-bond donors (Lipinski definition) is 3. The predicted molar refractivity (Wildman–Crippen MR) is 66.5 cm³/mol. The number of nitrogens with one attached hydrogen (secondary N) is 2. The van der Waals surface area contributed by atoms with E-state index in [0.29, 0.717) is 13.0 Å². The molecule has 0 aromatic rings. The second kappa shape index (κ2) is 6.14. The third-order valence-corrected chi connectivity index (χ3v) is 3.72. The topological polar surface area (TPSA) is 118 Å². The van der Waals surface area contributed by atoms with Gasteiger partial charge in [0.2, 0.25) is 11.8 Å². The maximum atomic E-state index is 11.7. The Morgan fingerprint density at radius 3 is 2.83 bits per heavy atom. The Hall–Kier alpha value is -1.15. The molecule has 1 aliphatic heterocycles. The monoisotopic (exact) mass is 277 g/mol. The first-order chi connectivity index (χ1) is 8.29. The van der Waals surface area contributed by atoms with Gasteiger partial charge in [-0.3, -0.25) is 9.59 Å². The van der Waals surface area contributed by atoms with Crippen LogP contribution in [-0.2, 0) is 19.4 Å². The maximum absolute atomic E-state index is 11.7. The molecule has 7 nitrogen and oxygen atoms in total. The molecule has 0 aliphatic carbocycles. The van der Waals surface area contributed by atoms with Crippen LogP contribution < -0.4 is 16.4 Å². The van der Waals surface area contributed by atoms with Gasteiger partial charge < -0.3 is 16.4 Å². The highest BCUT2D eigenvalue weighted by molar-refractivity contribution is 7.90. The van der Waals surface area contributed by atoms with E-state index in [-0.39, 0.29) is 18.1 Å². The van der Waals surface area contributed by atoms with Crippen molar-refractivity contribution >= 4 is 21.7 Å². The lowest BCUT2D eigenvalue weighted by molar-refractivity contribution is -0.130. The van der Waals surface area contributed by atoms with Crippen molar-refractivity contribution in [2.75, 3.05) is 18.6 Å². The number of sulfone groups is 1. The molecular weight excluding hydrogens is 258 g/mol. The van der Waals surface area contributed by atoms with Gasteiger partial charge in [0.15, 0.2) is 0 Å². The highest BCUT2D eigenvalue weighted by Crippen LogP contribution is 2.03. The van der Waals surface area contributed by atoms with Gasteiger partial charge in [-0.15, -0.1) is 0 Å². The van der Waals surface area contributed by atoms with Crippen molar-refractivity contribution in [3.63, 3.8) is 0 Å². The van der Waals surface area contributed by atoms with Gasteiger partial charge in [0, 0.05) is 12.8 Å². The van der Waals surface area contributed by atoms with E-state index in [1.54, 1.807) is 0 Å². The zero-order chi connectivity index (χ0) is 13.8. The molecule has 0 aromatic carbocycles. The first-order valence-corrected chi connectivity index (χ1v) is 7.87. The fraction of sp³-hybridized carbons (Fsp3) is 0.800. The summed E-state index contributed by atoms with van der Waals surface area (Å²) in [6.07, 6.45) is 2.52. The Labute approximate surface area is 106 Å². The summed E-state index contributed by atoms with van der Waals surface area (Å²) in [6, 6.07) is -1.47. The summed E-state index contributed by atoms with van der Waals surface area (Å²) in [5.74, 6) is -0.844. The molecule has 1 rings (SSSR count). The summed E-state index contributed by atoms with van der Waals surface area (Å²) in [6.45, 7) is 0.616. The molecule has 0 aromatic heterocycles. The molecule has 2 atom stereocenters. The third kappa shape index (κ3) is 5.01. The molecule has 4 N–H and O–H groups in total. The molecule has 1 fully saturated rings. The van der Waals surface area contributed by atoms with E-state index >= 15 is 0 Å². The van der Waals surface area contributed by atoms with Gasteiger partial charge in [-0.2, -0.15) is 0 Å². The molecule has 0 saturated carbocycles. The Bertz CT molecular complexity index is 421. The average molecular weight is 277 g/mol. The van der Waals surface area contributed by atoms with Crippen LogP contribution in [0.2, 0.25) is 0 Å². The molecule has 104 valence electrons. The lowest BCUT2D eigenvalue weighted by Crippen LogP contribution is -2.54. The van der Waals surface area contributed by atoms with Gasteiger partial charge in [0.1, 0.15) is 15.9 Å². The quantitative estimate of drug-likeness (QED) is 0.545. The van der Waals surface area contributed by atoms with Crippen LogP contribution >= 0.6 is 0 Å². The van der Waals surface area contributed by atoms with Crippen LogP contribution in [-0.4, -0.2) is 50.9 Å². The van der Waals surface area contributed by atoms with E-state index in [4.69, 9.17) is 5.73 Å². The van der Waals surface area contributed by atoms with Crippen LogP contribution in [0, 0.1) is 0 Å². The summed E-state index contributed by atoms with van der Waals surface area (Å²) >= 11 is 0. The fourth-order valence-corrected chi connectivity index (χ4v) is 2.34. The van der Waals surface area contributed by atoms with Crippen LogP contribution in [0.25, 0.3) is 0 Å². The van der Waals surface area contributed by atoms with E-state index < -0.39 is 27.8 Å². The smallest absolute Gasteiger partial charge is 0.242 e. The first kappa shape index (κ1) is 14.9. The van der Waals surface area contributed by atoms with Crippen molar-refractivity contribution in [1.29, 1.82) is 0 Å². The van der Waals surface area contributed by atoms with Crippen LogP contribution in [0.5, 0.6) is 0 Å². The van der Waals surface area contributed by atoms with Crippen molar-refractivity contribution in [1.82, 2.24) is 10.6 Å². The van der Waals surface area contributed by atoms with E-state index in [2.05, 4.69) is 10.6 Å². The van der Waals surface area contributed by atoms with Crippen LogP contribution in [0.15, 0.2) is 0 Å². The second-order valence-electron chi connectivity index (χ2n) is 4.52. The molecule has 1 heterocycles. The molecule has 18 heavy (non-hydrogen) atoms. The summed E-state index contributed by atoms with van der Waals surface area (Å²) in [5, 5.41) is 5.18. The van der Waals surface area contributed by atoms with E-state index in [1.807, 2.05) is 0 Å². The molecule has 1 aliphatic rings. The number of amides is 2. The predicted octanol–water partition coefficient (Wildman–Crippen LogP) is -1.86. The Morgan fingerprint density at radius 2 is 2.28 bits per heavy atom. The van der Waals surface area contributed by atoms with E-state index in [9.17, 15) is 18.0 Å². The minimum atomic E-state index is -3.14. The number of hydrogen-bond acceptors (Lipinski definition) is 5. The van der Waals surface area contributed by atoms with Crippen LogP contribution in [0.1, 0.15) is 19.3 Å². The molecule has 8 heteroatoms. The van der Waals surface area contributed by atoms with Crippen LogP contribution in [0.4, 0.5) is 0 Å². The van der Waals surface area contributed by atoms with Gasteiger partial charge >= 0.3 is 0 Å². The van der Waals surface area contributed by atoms with E-state index in [0.717, 1.165) is 12.7 Å². The minimum absolute atomic E-state index is 0.0546. The summed E-state index contributed by atoms with van der Waals surface area (Å²) in [4.78, 5) is 23.1. The molecular formula is C10H19N3O4S. The molecule has 0 radical (unpaired) electrons. The second-order valence-corrected chi connectivity index (χ2v) is 6.78. The SMILES string of the molecule is CS(=O)(=O)CCC(N)C(=O)NC1CCCNC1=O. The first-order valence-electron chi connectivity index (χ1n) is 5.81. The number of carbonyl (C=O) groups excluding carboxylic acids is 2. The summed E-state index contributed by atoms with van der Waals surface area (Å²) in [7, 11) is -3.14. The van der Waals surface area contributed by atoms with Gasteiger partial charge in [-0.25, -0.2) is 8.42 Å². The highest BCUT2D eigenvalue weighted by Gasteiger charge is 2.26. The summed E-state index contributed by atoms with van der Waals surface area (Å²) < 4.78 is 21.9. The van der Waals surface area contributed by atoms with Gasteiger partial charge in [0.05, 0.1) is 11.8 Å². The molecule has 2 amide bonds. The van der Waals surface area contributed by atoms with Gasteiger partial charge in [0.25, 0.3) is 0 Å². The van der Waals surface area contributed by atoms with Gasteiger partial charge in [-0.05, 0) is 19.3 Å². The summed E-state index contributed by atoms with van der Waals surface area (Å²) in [5.41, 5.74) is 5.58. The lowest BCUT2D eigenvalue weighted by Gasteiger charge is -2.24. The van der Waals surface area contributed by atoms with Gasteiger partial charge in [-0.1, -0.05) is 0 Å². The largest absolute Gasteiger partial charge is 0.354 e. The number of carbonyl (C=O) groups is 2. The zero-order valence-electron chi connectivity index (χ0n) is 10.3. The number of piperidine rings is 1. The van der Waals surface area contributed by atoms with Crippen molar-refractivity contribution < 1.29 is 18.0 Å². The van der Waals surface area contributed by atoms with Crippen molar-refractivity contribution in [3.8, 4) is 0 Å². The van der Waals surface area contributed by atoms with Crippen molar-refractivity contribution in [3.05, 3.63) is 0 Å². The third-order valence-electron chi connectivity index (χ3n) is 2.74. The van der Waals surface area contributed by atoms with Crippen LogP contribution in [0.3, 0.4) is 0 Å². The van der Waals surface area contributed by atoms with E-state index in [1.165, 1.54) is 0 Å².